The smallest absolute Gasteiger partial charge is 0.277 e. The van der Waals surface area contributed by atoms with Gasteiger partial charge >= 0.3 is 0 Å². The predicted molar refractivity (Wildman–Crippen MR) is 91.6 cm³/mol. The van der Waals surface area contributed by atoms with Crippen molar-refractivity contribution in [3.63, 3.8) is 0 Å². The maximum absolute atomic E-state index is 13.9. The Morgan fingerprint density at radius 3 is 2.84 bits per heavy atom. The van der Waals surface area contributed by atoms with Gasteiger partial charge in [0.1, 0.15) is 11.6 Å². The number of nitrogens with zero attached hydrogens (tertiary/aromatic N) is 3. The third-order valence-corrected chi connectivity index (χ3v) is 4.22. The van der Waals surface area contributed by atoms with E-state index in [0.29, 0.717) is 45.9 Å². The highest BCUT2D eigenvalue weighted by Crippen LogP contribution is 2.31. The van der Waals surface area contributed by atoms with Crippen molar-refractivity contribution in [2.45, 2.75) is 17.9 Å². The number of hydrogen-bond acceptors (Lipinski definition) is 6. The van der Waals surface area contributed by atoms with E-state index in [0.717, 1.165) is 0 Å². The van der Waals surface area contributed by atoms with E-state index in [1.54, 1.807) is 12.1 Å². The van der Waals surface area contributed by atoms with Crippen molar-refractivity contribution in [2.75, 3.05) is 6.61 Å². The van der Waals surface area contributed by atoms with Crippen LogP contribution in [-0.4, -0.2) is 16.8 Å². The molecule has 0 aliphatic heterocycles. The number of thioether (sulfide) groups is 1. The van der Waals surface area contributed by atoms with Crippen molar-refractivity contribution in [3.05, 3.63) is 59.4 Å². The van der Waals surface area contributed by atoms with Gasteiger partial charge in [0, 0.05) is 5.75 Å². The van der Waals surface area contributed by atoms with Crippen LogP contribution < -0.4 is 4.74 Å². The Hall–Kier alpha value is -2.85. The van der Waals surface area contributed by atoms with Gasteiger partial charge in [-0.15, -0.1) is 10.2 Å². The molecule has 1 aromatic heterocycles. The first-order valence-electron chi connectivity index (χ1n) is 7.58. The Labute approximate surface area is 148 Å². The van der Waals surface area contributed by atoms with Gasteiger partial charge < -0.3 is 9.15 Å². The van der Waals surface area contributed by atoms with Gasteiger partial charge in [0.05, 0.1) is 23.8 Å². The maximum Gasteiger partial charge on any atom is 0.277 e. The molecule has 3 rings (SSSR count). The molecule has 0 saturated heterocycles. The zero-order chi connectivity index (χ0) is 17.6. The third kappa shape index (κ3) is 3.98. The lowest BCUT2D eigenvalue weighted by atomic mass is 10.1. The van der Waals surface area contributed by atoms with E-state index >= 15 is 0 Å². The first-order chi connectivity index (χ1) is 12.2. The van der Waals surface area contributed by atoms with Gasteiger partial charge in [-0.05, 0) is 36.8 Å². The fourth-order valence-corrected chi connectivity index (χ4v) is 2.92. The molecular formula is C18H14FN3O2S. The van der Waals surface area contributed by atoms with E-state index in [1.807, 2.05) is 37.3 Å². The number of halogens is 1. The molecule has 0 aliphatic carbocycles. The molecule has 7 heteroatoms. The molecule has 0 aliphatic rings. The summed E-state index contributed by atoms with van der Waals surface area (Å²) in [7, 11) is 0. The fourth-order valence-electron chi connectivity index (χ4n) is 2.18. The number of ether oxygens (including phenoxy) is 1. The molecular weight excluding hydrogens is 341 g/mol. The molecule has 0 radical (unpaired) electrons. The summed E-state index contributed by atoms with van der Waals surface area (Å²) in [6, 6.07) is 13.7. The lowest BCUT2D eigenvalue weighted by Gasteiger charge is -2.06. The topological polar surface area (TPSA) is 71.9 Å². The zero-order valence-electron chi connectivity index (χ0n) is 13.4. The quantitative estimate of drug-likeness (QED) is 0.609. The maximum atomic E-state index is 13.9. The Morgan fingerprint density at radius 1 is 1.24 bits per heavy atom. The van der Waals surface area contributed by atoms with Crippen molar-refractivity contribution < 1.29 is 13.5 Å². The van der Waals surface area contributed by atoms with E-state index in [1.165, 1.54) is 17.8 Å². The molecule has 0 amide bonds. The molecule has 25 heavy (non-hydrogen) atoms. The van der Waals surface area contributed by atoms with Gasteiger partial charge in [0.2, 0.25) is 0 Å². The Bertz CT molecular complexity index is 921. The first kappa shape index (κ1) is 17.0. The molecule has 2 aromatic carbocycles. The van der Waals surface area contributed by atoms with E-state index < -0.39 is 5.82 Å². The Balaban J connectivity index is 1.74. The standard InChI is InChI=1S/C18H14FN3O2S/c1-2-23-16-6-4-3-5-14(16)17-21-22-18(24-17)25-11-13-8-7-12(10-20)9-15(13)19/h3-9H,2,11H2,1H3. The van der Waals surface area contributed by atoms with E-state index in [9.17, 15) is 4.39 Å². The van der Waals surface area contributed by atoms with Crippen molar-refractivity contribution in [1.82, 2.24) is 10.2 Å². The van der Waals surface area contributed by atoms with Gasteiger partial charge in [-0.1, -0.05) is 30.0 Å². The van der Waals surface area contributed by atoms with E-state index in [4.69, 9.17) is 14.4 Å². The highest BCUT2D eigenvalue weighted by molar-refractivity contribution is 7.98. The molecule has 0 atom stereocenters. The SMILES string of the molecule is CCOc1ccccc1-c1nnc(SCc2ccc(C#N)cc2F)o1. The second-order valence-corrected chi connectivity index (χ2v) is 5.94. The van der Waals surface area contributed by atoms with E-state index in [2.05, 4.69) is 10.2 Å². The van der Waals surface area contributed by atoms with Gasteiger partial charge in [0.25, 0.3) is 11.1 Å². The fraction of sp³-hybridized carbons (Fsp3) is 0.167. The van der Waals surface area contributed by atoms with Crippen LogP contribution in [0.2, 0.25) is 0 Å². The second kappa shape index (κ2) is 7.81. The third-order valence-electron chi connectivity index (χ3n) is 3.36. The molecule has 0 fully saturated rings. The summed E-state index contributed by atoms with van der Waals surface area (Å²) in [6.07, 6.45) is 0. The first-order valence-corrected chi connectivity index (χ1v) is 8.57. The predicted octanol–water partition coefficient (Wildman–Crippen LogP) is 4.44. The van der Waals surface area contributed by atoms with Crippen molar-refractivity contribution in [2.24, 2.45) is 0 Å². The number of rotatable bonds is 6. The van der Waals surface area contributed by atoms with Crippen LogP contribution >= 0.6 is 11.8 Å². The molecule has 3 aromatic rings. The van der Waals surface area contributed by atoms with Crippen LogP contribution in [0.4, 0.5) is 4.39 Å². The Kier molecular flexibility index (Phi) is 5.31. The number of aromatic nitrogens is 2. The van der Waals surface area contributed by atoms with Crippen LogP contribution in [0, 0.1) is 17.1 Å². The monoisotopic (exact) mass is 355 g/mol. The van der Waals surface area contributed by atoms with Crippen LogP contribution in [0.3, 0.4) is 0 Å². The highest BCUT2D eigenvalue weighted by Gasteiger charge is 2.14. The lowest BCUT2D eigenvalue weighted by molar-refractivity contribution is 0.340. The normalized spacial score (nSPS) is 10.4. The molecule has 0 unspecified atom stereocenters. The van der Waals surface area contributed by atoms with Crippen LogP contribution in [0.5, 0.6) is 5.75 Å². The number of para-hydroxylation sites is 1. The summed E-state index contributed by atoms with van der Waals surface area (Å²) >= 11 is 1.23. The van der Waals surface area contributed by atoms with Gasteiger partial charge in [-0.3, -0.25) is 0 Å². The highest BCUT2D eigenvalue weighted by atomic mass is 32.2. The molecule has 0 bridgehead atoms. The number of hydrogen-bond donors (Lipinski definition) is 0. The zero-order valence-corrected chi connectivity index (χ0v) is 14.2. The Morgan fingerprint density at radius 2 is 2.08 bits per heavy atom. The van der Waals surface area contributed by atoms with Crippen LogP contribution in [0.25, 0.3) is 11.5 Å². The molecule has 5 nitrogen and oxygen atoms in total. The van der Waals surface area contributed by atoms with Crippen LogP contribution in [-0.2, 0) is 5.75 Å². The summed E-state index contributed by atoms with van der Waals surface area (Å²) in [5.74, 6) is 0.926. The second-order valence-electron chi connectivity index (χ2n) is 5.01. The summed E-state index contributed by atoms with van der Waals surface area (Å²) in [5, 5.41) is 17.1. The molecule has 1 heterocycles. The summed E-state index contributed by atoms with van der Waals surface area (Å²) in [4.78, 5) is 0. The minimum Gasteiger partial charge on any atom is -0.493 e. The van der Waals surface area contributed by atoms with Gasteiger partial charge in [-0.25, -0.2) is 4.39 Å². The van der Waals surface area contributed by atoms with Crippen molar-refractivity contribution in [3.8, 4) is 23.3 Å². The molecule has 0 spiro atoms. The van der Waals surface area contributed by atoms with Crippen molar-refractivity contribution in [1.29, 1.82) is 5.26 Å². The average Bonchev–Trinajstić information content (AvgIpc) is 3.10. The largest absolute Gasteiger partial charge is 0.493 e. The minimum absolute atomic E-state index is 0.291. The summed E-state index contributed by atoms with van der Waals surface area (Å²) in [6.45, 7) is 2.43. The van der Waals surface area contributed by atoms with E-state index in [-0.39, 0.29) is 0 Å². The average molecular weight is 355 g/mol. The van der Waals surface area contributed by atoms with Gasteiger partial charge in [-0.2, -0.15) is 5.26 Å². The molecule has 0 N–H and O–H groups in total. The van der Waals surface area contributed by atoms with Crippen LogP contribution in [0.1, 0.15) is 18.1 Å². The number of nitriles is 1. The summed E-state index contributed by atoms with van der Waals surface area (Å²) in [5.41, 5.74) is 1.48. The van der Waals surface area contributed by atoms with Crippen LogP contribution in [0.15, 0.2) is 52.1 Å². The minimum atomic E-state index is -0.423. The molecule has 0 saturated carbocycles. The molecule has 126 valence electrons. The lowest BCUT2D eigenvalue weighted by Crippen LogP contribution is -1.93. The van der Waals surface area contributed by atoms with Crippen molar-refractivity contribution >= 4 is 11.8 Å². The number of benzene rings is 2. The summed E-state index contributed by atoms with van der Waals surface area (Å²) < 4.78 is 25.1. The van der Waals surface area contributed by atoms with Gasteiger partial charge in [0.15, 0.2) is 0 Å².